The zero-order valence-corrected chi connectivity index (χ0v) is 15.6. The topological polar surface area (TPSA) is 116 Å². The van der Waals surface area contributed by atoms with Gasteiger partial charge < -0.3 is 13.9 Å². The fraction of sp³-hybridized carbons (Fsp3) is 0.100. The van der Waals surface area contributed by atoms with E-state index in [0.29, 0.717) is 28.4 Å². The average molecular weight is 395 g/mol. The number of carbonyl (C=O) groups is 1. The van der Waals surface area contributed by atoms with Gasteiger partial charge in [0.1, 0.15) is 23.0 Å². The highest BCUT2D eigenvalue weighted by Gasteiger charge is 2.19. The van der Waals surface area contributed by atoms with Gasteiger partial charge in [0.15, 0.2) is 0 Å². The molecule has 0 saturated carbocycles. The molecule has 9 heteroatoms. The number of carbonyl (C=O) groups excluding carboxylic acids is 1. The molecule has 9 nitrogen and oxygen atoms in total. The van der Waals surface area contributed by atoms with E-state index in [4.69, 9.17) is 13.9 Å². The van der Waals surface area contributed by atoms with Crippen molar-refractivity contribution < 1.29 is 23.6 Å². The Kier molecular flexibility index (Phi) is 5.88. The first-order valence-corrected chi connectivity index (χ1v) is 8.42. The van der Waals surface area contributed by atoms with Crippen LogP contribution in [0.25, 0.3) is 11.3 Å². The first kappa shape index (κ1) is 19.6. The third kappa shape index (κ3) is 4.41. The lowest BCUT2D eigenvalue weighted by atomic mass is 10.1. The minimum atomic E-state index is -0.512. The van der Waals surface area contributed by atoms with Crippen LogP contribution in [0.3, 0.4) is 0 Å². The number of hydrazone groups is 1. The first-order chi connectivity index (χ1) is 14.0. The molecule has 1 N–H and O–H groups in total. The Hall–Kier alpha value is -4.14. The maximum absolute atomic E-state index is 12.2. The Morgan fingerprint density at radius 2 is 1.93 bits per heavy atom. The SMILES string of the molecule is COc1ccc(-c2ccc(/C=N\NC(=O)c3ccccc3OC)o2)c([N+](=O)[O-])c1. The maximum Gasteiger partial charge on any atom is 0.284 e. The van der Waals surface area contributed by atoms with Crippen LogP contribution in [-0.4, -0.2) is 31.3 Å². The number of nitrogens with one attached hydrogen (secondary N) is 1. The van der Waals surface area contributed by atoms with Gasteiger partial charge in [0, 0.05) is 0 Å². The van der Waals surface area contributed by atoms with Crippen LogP contribution >= 0.6 is 0 Å². The van der Waals surface area contributed by atoms with Crippen molar-refractivity contribution in [2.45, 2.75) is 0 Å². The molecule has 0 aliphatic heterocycles. The number of nitro groups is 1. The highest BCUT2D eigenvalue weighted by Crippen LogP contribution is 2.33. The summed E-state index contributed by atoms with van der Waals surface area (Å²) in [5.74, 6) is 0.943. The van der Waals surface area contributed by atoms with Gasteiger partial charge in [-0.2, -0.15) is 5.10 Å². The van der Waals surface area contributed by atoms with Crippen molar-refractivity contribution in [3.63, 3.8) is 0 Å². The minimum absolute atomic E-state index is 0.147. The largest absolute Gasteiger partial charge is 0.497 e. The van der Waals surface area contributed by atoms with E-state index in [1.54, 1.807) is 48.5 Å². The van der Waals surface area contributed by atoms with Crippen molar-refractivity contribution in [3.8, 4) is 22.8 Å². The third-order valence-electron chi connectivity index (χ3n) is 4.00. The van der Waals surface area contributed by atoms with Gasteiger partial charge in [-0.3, -0.25) is 14.9 Å². The average Bonchev–Trinajstić information content (AvgIpc) is 3.21. The van der Waals surface area contributed by atoms with Gasteiger partial charge in [-0.25, -0.2) is 5.43 Å². The van der Waals surface area contributed by atoms with E-state index in [9.17, 15) is 14.9 Å². The highest BCUT2D eigenvalue weighted by molar-refractivity contribution is 5.97. The number of nitrogens with zero attached hydrogens (tertiary/aromatic N) is 2. The van der Waals surface area contributed by atoms with Crippen LogP contribution in [0.2, 0.25) is 0 Å². The second kappa shape index (κ2) is 8.70. The molecular weight excluding hydrogens is 378 g/mol. The summed E-state index contributed by atoms with van der Waals surface area (Å²) in [5, 5.41) is 15.2. The molecule has 2 aromatic carbocycles. The van der Waals surface area contributed by atoms with Gasteiger partial charge in [0.05, 0.1) is 42.6 Å². The van der Waals surface area contributed by atoms with Crippen molar-refractivity contribution in [2.75, 3.05) is 14.2 Å². The van der Waals surface area contributed by atoms with Gasteiger partial charge in [0.25, 0.3) is 11.6 Å². The molecule has 0 aliphatic carbocycles. The highest BCUT2D eigenvalue weighted by atomic mass is 16.6. The van der Waals surface area contributed by atoms with Crippen LogP contribution in [0, 0.1) is 10.1 Å². The van der Waals surface area contributed by atoms with Crippen molar-refractivity contribution in [1.82, 2.24) is 5.43 Å². The summed E-state index contributed by atoms with van der Waals surface area (Å²) >= 11 is 0. The molecule has 0 unspecified atom stereocenters. The number of nitro benzene ring substituents is 1. The molecular formula is C20H17N3O6. The predicted octanol–water partition coefficient (Wildman–Crippen LogP) is 3.64. The summed E-state index contributed by atoms with van der Waals surface area (Å²) in [6.07, 6.45) is 1.30. The van der Waals surface area contributed by atoms with Crippen LogP contribution < -0.4 is 14.9 Å². The van der Waals surface area contributed by atoms with Crippen LogP contribution in [0.1, 0.15) is 16.1 Å². The summed E-state index contributed by atoms with van der Waals surface area (Å²) in [7, 11) is 2.90. The molecule has 3 rings (SSSR count). The zero-order valence-electron chi connectivity index (χ0n) is 15.6. The van der Waals surface area contributed by atoms with E-state index in [0.717, 1.165) is 0 Å². The molecule has 0 bridgehead atoms. The smallest absolute Gasteiger partial charge is 0.284 e. The van der Waals surface area contributed by atoms with Crippen molar-refractivity contribution in [1.29, 1.82) is 0 Å². The Morgan fingerprint density at radius 3 is 2.66 bits per heavy atom. The van der Waals surface area contributed by atoms with E-state index in [1.807, 2.05) is 0 Å². The molecule has 0 aliphatic rings. The maximum atomic E-state index is 12.2. The van der Waals surface area contributed by atoms with E-state index in [2.05, 4.69) is 10.5 Å². The molecule has 0 atom stereocenters. The van der Waals surface area contributed by atoms with Gasteiger partial charge in [-0.15, -0.1) is 0 Å². The van der Waals surface area contributed by atoms with Crippen molar-refractivity contribution >= 4 is 17.8 Å². The lowest BCUT2D eigenvalue weighted by Crippen LogP contribution is -2.18. The van der Waals surface area contributed by atoms with Crippen LogP contribution in [0.15, 0.2) is 64.1 Å². The number of furan rings is 1. The zero-order chi connectivity index (χ0) is 20.8. The molecule has 0 saturated heterocycles. The quantitative estimate of drug-likeness (QED) is 0.371. The number of hydrogen-bond donors (Lipinski definition) is 1. The summed E-state index contributed by atoms with van der Waals surface area (Å²) in [6, 6.07) is 14.4. The molecule has 1 aromatic heterocycles. The van der Waals surface area contributed by atoms with E-state index in [1.165, 1.54) is 26.5 Å². The Morgan fingerprint density at radius 1 is 1.14 bits per heavy atom. The number of ether oxygens (including phenoxy) is 2. The number of para-hydroxylation sites is 1. The summed E-state index contributed by atoms with van der Waals surface area (Å²) in [4.78, 5) is 23.0. The van der Waals surface area contributed by atoms with Gasteiger partial charge in [-0.1, -0.05) is 12.1 Å². The standard InChI is InChI=1S/C20H17N3O6/c1-27-13-7-9-15(17(11-13)23(25)26)19-10-8-14(29-19)12-21-22-20(24)16-5-3-4-6-18(16)28-2/h3-12H,1-2H3,(H,22,24)/b21-12-. The van der Waals surface area contributed by atoms with Gasteiger partial charge in [0.2, 0.25) is 0 Å². The number of benzene rings is 2. The van der Waals surface area contributed by atoms with Crippen molar-refractivity contribution in [2.24, 2.45) is 5.10 Å². The molecule has 1 amide bonds. The first-order valence-electron chi connectivity index (χ1n) is 8.42. The number of amides is 1. The minimum Gasteiger partial charge on any atom is -0.497 e. The Bertz CT molecular complexity index is 1070. The lowest BCUT2D eigenvalue weighted by Gasteiger charge is -2.05. The van der Waals surface area contributed by atoms with E-state index < -0.39 is 10.8 Å². The van der Waals surface area contributed by atoms with Crippen LogP contribution in [-0.2, 0) is 0 Å². The predicted molar refractivity (Wildman–Crippen MR) is 105 cm³/mol. The fourth-order valence-electron chi connectivity index (χ4n) is 2.61. The molecule has 0 radical (unpaired) electrons. The summed E-state index contributed by atoms with van der Waals surface area (Å²) in [5.41, 5.74) is 2.87. The van der Waals surface area contributed by atoms with Gasteiger partial charge >= 0.3 is 0 Å². The number of hydrogen-bond acceptors (Lipinski definition) is 7. The molecule has 0 spiro atoms. The lowest BCUT2D eigenvalue weighted by molar-refractivity contribution is -0.384. The van der Waals surface area contributed by atoms with E-state index >= 15 is 0 Å². The molecule has 29 heavy (non-hydrogen) atoms. The normalized spacial score (nSPS) is 10.7. The number of rotatable bonds is 7. The van der Waals surface area contributed by atoms with Crippen molar-refractivity contribution in [3.05, 3.63) is 76.0 Å². The third-order valence-corrected chi connectivity index (χ3v) is 4.00. The van der Waals surface area contributed by atoms with Crippen LogP contribution in [0.4, 0.5) is 5.69 Å². The Balaban J connectivity index is 1.76. The monoisotopic (exact) mass is 395 g/mol. The second-order valence-corrected chi connectivity index (χ2v) is 5.74. The summed E-state index contributed by atoms with van der Waals surface area (Å²) < 4.78 is 15.8. The van der Waals surface area contributed by atoms with Crippen LogP contribution in [0.5, 0.6) is 11.5 Å². The Labute approximate surface area is 165 Å². The molecule has 1 heterocycles. The number of methoxy groups -OCH3 is 2. The molecule has 3 aromatic rings. The fourth-order valence-corrected chi connectivity index (χ4v) is 2.61. The van der Waals surface area contributed by atoms with Gasteiger partial charge in [-0.05, 0) is 36.4 Å². The van der Waals surface area contributed by atoms with E-state index in [-0.39, 0.29) is 11.4 Å². The second-order valence-electron chi connectivity index (χ2n) is 5.74. The molecule has 0 fully saturated rings. The molecule has 148 valence electrons. The summed E-state index contributed by atoms with van der Waals surface area (Å²) in [6.45, 7) is 0.